The van der Waals surface area contributed by atoms with Crippen LogP contribution in [0.15, 0.2) is 6.20 Å². The van der Waals surface area contributed by atoms with Crippen LogP contribution in [0, 0.1) is 18.8 Å². The third kappa shape index (κ3) is 3.34. The maximum absolute atomic E-state index is 4.04. The summed E-state index contributed by atoms with van der Waals surface area (Å²) in [6.45, 7) is 12.1. The van der Waals surface area contributed by atoms with E-state index in [2.05, 4.69) is 50.1 Å². The Kier molecular flexibility index (Phi) is 4.33. The predicted molar refractivity (Wildman–Crippen MR) is 63.7 cm³/mol. The van der Waals surface area contributed by atoms with Gasteiger partial charge >= 0.3 is 0 Å². The van der Waals surface area contributed by atoms with Crippen molar-refractivity contribution in [2.75, 3.05) is 6.54 Å². The van der Waals surface area contributed by atoms with E-state index >= 15 is 0 Å². The summed E-state index contributed by atoms with van der Waals surface area (Å²) < 4.78 is 0. The monoisotopic (exact) mass is 209 g/mol. The SMILES string of the molecule is Cc1[nH]ncc1C(C)NCC(C)C(C)C. The molecular formula is C12H23N3. The molecule has 1 rings (SSSR count). The normalized spacial score (nSPS) is 15.6. The van der Waals surface area contributed by atoms with Crippen LogP contribution in [0.5, 0.6) is 0 Å². The molecule has 0 amide bonds. The van der Waals surface area contributed by atoms with Gasteiger partial charge < -0.3 is 5.32 Å². The van der Waals surface area contributed by atoms with Gasteiger partial charge in [-0.15, -0.1) is 0 Å². The van der Waals surface area contributed by atoms with E-state index in [1.54, 1.807) is 0 Å². The zero-order chi connectivity index (χ0) is 11.4. The Balaban J connectivity index is 2.43. The molecule has 0 aliphatic rings. The number of aromatic amines is 1. The van der Waals surface area contributed by atoms with E-state index in [9.17, 15) is 0 Å². The minimum Gasteiger partial charge on any atom is -0.310 e. The first kappa shape index (κ1) is 12.2. The van der Waals surface area contributed by atoms with Gasteiger partial charge in [-0.3, -0.25) is 5.10 Å². The van der Waals surface area contributed by atoms with Crippen LogP contribution < -0.4 is 5.32 Å². The van der Waals surface area contributed by atoms with Crippen LogP contribution >= 0.6 is 0 Å². The third-order valence-electron chi connectivity index (χ3n) is 3.22. The topological polar surface area (TPSA) is 40.7 Å². The van der Waals surface area contributed by atoms with Crippen LogP contribution in [0.1, 0.15) is 45.0 Å². The largest absolute Gasteiger partial charge is 0.310 e. The highest BCUT2D eigenvalue weighted by Gasteiger charge is 2.12. The lowest BCUT2D eigenvalue weighted by Crippen LogP contribution is -2.27. The van der Waals surface area contributed by atoms with Gasteiger partial charge in [0.15, 0.2) is 0 Å². The number of hydrogen-bond donors (Lipinski definition) is 2. The van der Waals surface area contributed by atoms with Crippen molar-refractivity contribution < 1.29 is 0 Å². The third-order valence-corrected chi connectivity index (χ3v) is 3.22. The molecule has 0 saturated heterocycles. The number of aromatic nitrogens is 2. The van der Waals surface area contributed by atoms with Crippen molar-refractivity contribution in [3.05, 3.63) is 17.5 Å². The molecule has 0 saturated carbocycles. The summed E-state index contributed by atoms with van der Waals surface area (Å²) in [5.41, 5.74) is 2.43. The Morgan fingerprint density at radius 1 is 1.33 bits per heavy atom. The molecule has 3 heteroatoms. The summed E-state index contributed by atoms with van der Waals surface area (Å²) >= 11 is 0. The molecule has 0 radical (unpaired) electrons. The fourth-order valence-electron chi connectivity index (χ4n) is 1.50. The number of rotatable bonds is 5. The van der Waals surface area contributed by atoms with Gasteiger partial charge in [-0.1, -0.05) is 20.8 Å². The van der Waals surface area contributed by atoms with Gasteiger partial charge in [0.1, 0.15) is 0 Å². The zero-order valence-corrected chi connectivity index (χ0v) is 10.5. The minimum atomic E-state index is 0.380. The number of H-pyrrole nitrogens is 1. The molecule has 2 atom stereocenters. The maximum Gasteiger partial charge on any atom is 0.0537 e. The fourth-order valence-corrected chi connectivity index (χ4v) is 1.50. The van der Waals surface area contributed by atoms with E-state index in [1.165, 1.54) is 5.56 Å². The Morgan fingerprint density at radius 2 is 2.00 bits per heavy atom. The van der Waals surface area contributed by atoms with Crippen LogP contribution in [-0.2, 0) is 0 Å². The van der Waals surface area contributed by atoms with Gasteiger partial charge in [0.05, 0.1) is 6.20 Å². The molecule has 1 aromatic rings. The van der Waals surface area contributed by atoms with E-state index in [1.807, 2.05) is 6.20 Å². The van der Waals surface area contributed by atoms with Crippen molar-refractivity contribution in [3.63, 3.8) is 0 Å². The summed E-state index contributed by atoms with van der Waals surface area (Å²) in [5, 5.41) is 10.6. The highest BCUT2D eigenvalue weighted by molar-refractivity contribution is 5.18. The molecule has 0 fully saturated rings. The van der Waals surface area contributed by atoms with Crippen molar-refractivity contribution in [2.45, 2.75) is 40.7 Å². The number of nitrogens with one attached hydrogen (secondary N) is 2. The van der Waals surface area contributed by atoms with Crippen molar-refractivity contribution in [1.29, 1.82) is 0 Å². The molecule has 86 valence electrons. The van der Waals surface area contributed by atoms with Crippen molar-refractivity contribution in [1.82, 2.24) is 15.5 Å². The van der Waals surface area contributed by atoms with Gasteiger partial charge in [0.25, 0.3) is 0 Å². The Bertz CT molecular complexity index is 291. The molecular weight excluding hydrogens is 186 g/mol. The summed E-state index contributed by atoms with van der Waals surface area (Å²) in [6.07, 6.45) is 1.91. The van der Waals surface area contributed by atoms with Crippen LogP contribution in [0.3, 0.4) is 0 Å². The molecule has 0 aliphatic heterocycles. The second kappa shape index (κ2) is 5.31. The minimum absolute atomic E-state index is 0.380. The molecule has 0 aromatic carbocycles. The van der Waals surface area contributed by atoms with Gasteiger partial charge in [-0.2, -0.15) is 5.10 Å². The van der Waals surface area contributed by atoms with Crippen LogP contribution in [0.4, 0.5) is 0 Å². The molecule has 1 heterocycles. The van der Waals surface area contributed by atoms with Gasteiger partial charge in [-0.25, -0.2) is 0 Å². The number of hydrogen-bond acceptors (Lipinski definition) is 2. The number of nitrogens with zero attached hydrogens (tertiary/aromatic N) is 1. The van der Waals surface area contributed by atoms with E-state index in [0.717, 1.165) is 18.2 Å². The molecule has 15 heavy (non-hydrogen) atoms. The summed E-state index contributed by atoms with van der Waals surface area (Å²) in [5.74, 6) is 1.44. The van der Waals surface area contributed by atoms with Gasteiger partial charge in [0, 0.05) is 17.3 Å². The smallest absolute Gasteiger partial charge is 0.0537 e. The number of aryl methyl sites for hydroxylation is 1. The zero-order valence-electron chi connectivity index (χ0n) is 10.5. The van der Waals surface area contributed by atoms with Crippen molar-refractivity contribution in [2.24, 2.45) is 11.8 Å². The van der Waals surface area contributed by atoms with Crippen molar-refractivity contribution in [3.8, 4) is 0 Å². The molecule has 3 nitrogen and oxygen atoms in total. The standard InChI is InChI=1S/C12H23N3/c1-8(2)9(3)6-13-10(4)12-7-14-15-11(12)5/h7-10,13H,6H2,1-5H3,(H,14,15). The Morgan fingerprint density at radius 3 is 2.47 bits per heavy atom. The van der Waals surface area contributed by atoms with E-state index < -0.39 is 0 Å². The summed E-state index contributed by atoms with van der Waals surface area (Å²) in [6, 6.07) is 0.380. The maximum atomic E-state index is 4.04. The summed E-state index contributed by atoms with van der Waals surface area (Å²) in [4.78, 5) is 0. The molecule has 2 N–H and O–H groups in total. The van der Waals surface area contributed by atoms with E-state index in [4.69, 9.17) is 0 Å². The van der Waals surface area contributed by atoms with E-state index in [-0.39, 0.29) is 0 Å². The Labute approximate surface area is 92.7 Å². The molecule has 1 aromatic heterocycles. The van der Waals surface area contributed by atoms with E-state index in [0.29, 0.717) is 12.0 Å². The molecule has 0 spiro atoms. The lowest BCUT2D eigenvalue weighted by molar-refractivity contribution is 0.375. The van der Waals surface area contributed by atoms with Crippen LogP contribution in [0.2, 0.25) is 0 Å². The second-order valence-corrected chi connectivity index (χ2v) is 4.80. The first-order chi connectivity index (χ1) is 7.02. The summed E-state index contributed by atoms with van der Waals surface area (Å²) in [7, 11) is 0. The first-order valence-corrected chi connectivity index (χ1v) is 5.75. The van der Waals surface area contributed by atoms with Crippen LogP contribution in [-0.4, -0.2) is 16.7 Å². The second-order valence-electron chi connectivity index (χ2n) is 4.80. The van der Waals surface area contributed by atoms with Crippen LogP contribution in [0.25, 0.3) is 0 Å². The fraction of sp³-hybridized carbons (Fsp3) is 0.750. The average molecular weight is 209 g/mol. The highest BCUT2D eigenvalue weighted by Crippen LogP contribution is 2.15. The van der Waals surface area contributed by atoms with Gasteiger partial charge in [0.2, 0.25) is 0 Å². The molecule has 2 unspecified atom stereocenters. The highest BCUT2D eigenvalue weighted by atomic mass is 15.1. The molecule has 0 bridgehead atoms. The quantitative estimate of drug-likeness (QED) is 0.782. The molecule has 0 aliphatic carbocycles. The lowest BCUT2D eigenvalue weighted by atomic mass is 9.97. The Hall–Kier alpha value is -0.830. The predicted octanol–water partition coefficient (Wildman–Crippen LogP) is 2.66. The van der Waals surface area contributed by atoms with Crippen molar-refractivity contribution >= 4 is 0 Å². The average Bonchev–Trinajstić information content (AvgIpc) is 2.60. The first-order valence-electron chi connectivity index (χ1n) is 5.75. The van der Waals surface area contributed by atoms with Gasteiger partial charge in [-0.05, 0) is 32.2 Å². The lowest BCUT2D eigenvalue weighted by Gasteiger charge is -2.20.